The predicted octanol–water partition coefficient (Wildman–Crippen LogP) is 3.86. The van der Waals surface area contributed by atoms with Crippen LogP contribution in [-0.2, 0) is 9.53 Å². The van der Waals surface area contributed by atoms with E-state index in [0.717, 1.165) is 38.2 Å². The van der Waals surface area contributed by atoms with Gasteiger partial charge in [-0.1, -0.05) is 12.8 Å². The molecule has 0 amide bonds. The van der Waals surface area contributed by atoms with Gasteiger partial charge in [0.15, 0.2) is 5.96 Å². The quantitative estimate of drug-likeness (QED) is 0.207. The fourth-order valence-corrected chi connectivity index (χ4v) is 1.88. The Kier molecular flexibility index (Phi) is 12.8. The maximum absolute atomic E-state index is 11.5. The summed E-state index contributed by atoms with van der Waals surface area (Å²) in [5.74, 6) is 0.738. The Morgan fingerprint density at radius 3 is 2.04 bits per heavy atom. The Balaban J connectivity index is 0. The summed E-state index contributed by atoms with van der Waals surface area (Å²) in [6.07, 6.45) is 4.62. The third-order valence-corrected chi connectivity index (χ3v) is 2.74. The van der Waals surface area contributed by atoms with Crippen molar-refractivity contribution in [3.8, 4) is 0 Å². The van der Waals surface area contributed by atoms with Crippen LogP contribution in [0.15, 0.2) is 4.99 Å². The van der Waals surface area contributed by atoms with Crippen molar-refractivity contribution in [2.75, 3.05) is 13.6 Å². The first-order chi connectivity index (χ1) is 10.0. The van der Waals surface area contributed by atoms with Crippen LogP contribution >= 0.6 is 24.0 Å². The van der Waals surface area contributed by atoms with E-state index in [0.29, 0.717) is 6.42 Å². The molecule has 0 rings (SSSR count). The number of halogens is 1. The van der Waals surface area contributed by atoms with Crippen molar-refractivity contribution >= 4 is 35.9 Å². The molecule has 0 atom stereocenters. The number of rotatable bonds is 7. The topological polar surface area (TPSA) is 62.7 Å². The first-order valence-corrected chi connectivity index (χ1v) is 8.24. The van der Waals surface area contributed by atoms with Crippen molar-refractivity contribution in [1.29, 1.82) is 0 Å². The molecule has 0 heterocycles. The van der Waals surface area contributed by atoms with Gasteiger partial charge in [0.2, 0.25) is 0 Å². The van der Waals surface area contributed by atoms with Crippen molar-refractivity contribution in [2.24, 2.45) is 4.99 Å². The van der Waals surface area contributed by atoms with E-state index in [9.17, 15) is 4.79 Å². The van der Waals surface area contributed by atoms with Gasteiger partial charge in [-0.2, -0.15) is 0 Å². The summed E-state index contributed by atoms with van der Waals surface area (Å²) in [6, 6.07) is 0. The van der Waals surface area contributed by atoms with E-state index in [4.69, 9.17) is 4.74 Å². The number of nitrogens with zero attached hydrogens (tertiary/aromatic N) is 1. The summed E-state index contributed by atoms with van der Waals surface area (Å²) in [5.41, 5.74) is -0.369. The number of ether oxygens (including phenoxy) is 1. The molecule has 0 aliphatic rings. The van der Waals surface area contributed by atoms with E-state index in [1.54, 1.807) is 7.05 Å². The average molecular weight is 441 g/mol. The average Bonchev–Trinajstić information content (AvgIpc) is 2.32. The Morgan fingerprint density at radius 1 is 1.00 bits per heavy atom. The Morgan fingerprint density at radius 2 is 1.57 bits per heavy atom. The van der Waals surface area contributed by atoms with E-state index in [1.165, 1.54) is 0 Å². The van der Waals surface area contributed by atoms with E-state index in [2.05, 4.69) is 36.4 Å². The largest absolute Gasteiger partial charge is 0.460 e. The number of hydrogen-bond acceptors (Lipinski definition) is 3. The van der Waals surface area contributed by atoms with Gasteiger partial charge in [0.25, 0.3) is 0 Å². The highest BCUT2D eigenvalue weighted by Crippen LogP contribution is 2.11. The van der Waals surface area contributed by atoms with Gasteiger partial charge in [-0.05, 0) is 54.4 Å². The van der Waals surface area contributed by atoms with Gasteiger partial charge >= 0.3 is 5.97 Å². The zero-order chi connectivity index (χ0) is 17.2. The van der Waals surface area contributed by atoms with Crippen molar-refractivity contribution in [3.05, 3.63) is 0 Å². The smallest absolute Gasteiger partial charge is 0.306 e. The number of aliphatic imine (C=N–C) groups is 1. The number of carbonyl (C=O) groups is 1. The van der Waals surface area contributed by atoms with E-state index < -0.39 is 0 Å². The molecule has 0 saturated heterocycles. The summed E-state index contributed by atoms with van der Waals surface area (Å²) >= 11 is 0. The highest BCUT2D eigenvalue weighted by Gasteiger charge is 2.15. The minimum Gasteiger partial charge on any atom is -0.460 e. The molecule has 6 heteroatoms. The first-order valence-electron chi connectivity index (χ1n) is 8.24. The summed E-state index contributed by atoms with van der Waals surface area (Å²) in [5, 5.41) is 6.63. The molecule has 0 aromatic rings. The fourth-order valence-electron chi connectivity index (χ4n) is 1.88. The summed E-state index contributed by atoms with van der Waals surface area (Å²) < 4.78 is 5.28. The van der Waals surface area contributed by atoms with Crippen LogP contribution in [0.1, 0.15) is 73.6 Å². The summed E-state index contributed by atoms with van der Waals surface area (Å²) in [6.45, 7) is 12.9. The highest BCUT2D eigenvalue weighted by atomic mass is 127. The molecule has 0 radical (unpaired) electrons. The molecule has 5 nitrogen and oxygen atoms in total. The van der Waals surface area contributed by atoms with Gasteiger partial charge < -0.3 is 15.4 Å². The van der Waals surface area contributed by atoms with Gasteiger partial charge in [-0.15, -0.1) is 24.0 Å². The molecule has 0 aliphatic heterocycles. The molecule has 2 N–H and O–H groups in total. The van der Waals surface area contributed by atoms with Gasteiger partial charge in [0.05, 0.1) is 0 Å². The van der Waals surface area contributed by atoms with Crippen LogP contribution in [0.4, 0.5) is 0 Å². The van der Waals surface area contributed by atoms with Crippen LogP contribution in [0.5, 0.6) is 0 Å². The van der Waals surface area contributed by atoms with Crippen molar-refractivity contribution in [3.63, 3.8) is 0 Å². The minimum absolute atomic E-state index is 0. The van der Waals surface area contributed by atoms with Gasteiger partial charge in [0, 0.05) is 25.6 Å². The fraction of sp³-hybridized carbons (Fsp3) is 0.882. The van der Waals surface area contributed by atoms with E-state index in [-0.39, 0.29) is 41.1 Å². The molecular formula is C17H36IN3O2. The third-order valence-electron chi connectivity index (χ3n) is 2.74. The number of guanidine groups is 1. The molecule has 0 saturated carbocycles. The Hall–Kier alpha value is -0.530. The molecule has 0 aromatic carbocycles. The number of unbranched alkanes of at least 4 members (excludes halogenated alkanes) is 3. The normalized spacial score (nSPS) is 12.4. The lowest BCUT2D eigenvalue weighted by molar-refractivity contribution is -0.154. The molecular weight excluding hydrogens is 405 g/mol. The number of hydrogen-bond donors (Lipinski definition) is 2. The van der Waals surface area contributed by atoms with Crippen LogP contribution < -0.4 is 10.6 Å². The van der Waals surface area contributed by atoms with Crippen LogP contribution in [0.2, 0.25) is 0 Å². The number of esters is 1. The zero-order valence-corrected chi connectivity index (χ0v) is 18.2. The van der Waals surface area contributed by atoms with Crippen LogP contribution in [0.25, 0.3) is 0 Å². The summed E-state index contributed by atoms with van der Waals surface area (Å²) in [7, 11) is 1.78. The molecule has 0 bridgehead atoms. The first kappa shape index (κ1) is 24.7. The number of carbonyl (C=O) groups excluding carboxylic acids is 1. The van der Waals surface area contributed by atoms with Crippen LogP contribution in [0.3, 0.4) is 0 Å². The molecule has 0 spiro atoms. The standard InChI is InChI=1S/C17H35N3O2.HI/c1-16(2,3)20-15(18-7)19-13-11-9-8-10-12-14(21)22-17(4,5)6;/h8-13H2,1-7H3,(H2,18,19,20);1H. The second kappa shape index (κ2) is 11.9. The van der Waals surface area contributed by atoms with Gasteiger partial charge in [0.1, 0.15) is 5.60 Å². The van der Waals surface area contributed by atoms with Gasteiger partial charge in [-0.25, -0.2) is 0 Å². The molecule has 0 aromatic heterocycles. The molecule has 23 heavy (non-hydrogen) atoms. The Bertz CT molecular complexity index is 358. The Labute approximate surface area is 159 Å². The maximum atomic E-state index is 11.5. The minimum atomic E-state index is -0.378. The molecule has 0 unspecified atom stereocenters. The van der Waals surface area contributed by atoms with Crippen molar-refractivity contribution < 1.29 is 9.53 Å². The monoisotopic (exact) mass is 441 g/mol. The van der Waals surface area contributed by atoms with Crippen LogP contribution in [0, 0.1) is 0 Å². The predicted molar refractivity (Wildman–Crippen MR) is 109 cm³/mol. The molecule has 0 aliphatic carbocycles. The summed E-state index contributed by atoms with van der Waals surface area (Å²) in [4.78, 5) is 15.7. The molecule has 0 fully saturated rings. The van der Waals surface area contributed by atoms with Crippen LogP contribution in [-0.4, -0.2) is 36.7 Å². The van der Waals surface area contributed by atoms with Crippen molar-refractivity contribution in [1.82, 2.24) is 10.6 Å². The SMILES string of the molecule is CN=C(NCCCCCCC(=O)OC(C)(C)C)NC(C)(C)C.I. The third kappa shape index (κ3) is 17.7. The highest BCUT2D eigenvalue weighted by molar-refractivity contribution is 14.0. The lowest BCUT2D eigenvalue weighted by atomic mass is 10.1. The number of nitrogens with one attached hydrogen (secondary N) is 2. The lowest BCUT2D eigenvalue weighted by Crippen LogP contribution is -2.47. The zero-order valence-electron chi connectivity index (χ0n) is 15.9. The second-order valence-corrected chi connectivity index (χ2v) is 7.62. The second-order valence-electron chi connectivity index (χ2n) is 7.62. The van der Waals surface area contributed by atoms with E-state index in [1.807, 2.05) is 20.8 Å². The maximum Gasteiger partial charge on any atom is 0.306 e. The van der Waals surface area contributed by atoms with Gasteiger partial charge in [-0.3, -0.25) is 9.79 Å². The van der Waals surface area contributed by atoms with E-state index >= 15 is 0 Å². The molecule has 138 valence electrons. The lowest BCUT2D eigenvalue weighted by Gasteiger charge is -2.23. The van der Waals surface area contributed by atoms with Crippen molar-refractivity contribution in [2.45, 2.75) is 84.8 Å².